The molecule has 2 nitrogen and oxygen atoms in total. The number of rotatable bonds is 6. The molecule has 0 aliphatic carbocycles. The highest BCUT2D eigenvalue weighted by Crippen LogP contribution is 2.13. The van der Waals surface area contributed by atoms with Crippen molar-refractivity contribution in [3.05, 3.63) is 35.6 Å². The summed E-state index contributed by atoms with van der Waals surface area (Å²) in [5.41, 5.74) is 6.98. The molecule has 1 unspecified atom stereocenters. The number of nitrogens with two attached hydrogens (primary N) is 1. The maximum absolute atomic E-state index is 13.1. The molecule has 3 heteroatoms. The number of benzene rings is 1. The van der Waals surface area contributed by atoms with E-state index >= 15 is 0 Å². The monoisotopic (exact) mass is 238 g/mol. The van der Waals surface area contributed by atoms with Crippen LogP contribution in [0.5, 0.6) is 0 Å². The summed E-state index contributed by atoms with van der Waals surface area (Å²) in [4.78, 5) is 2.31. The van der Waals surface area contributed by atoms with Crippen LogP contribution < -0.4 is 5.73 Å². The van der Waals surface area contributed by atoms with Gasteiger partial charge in [0.25, 0.3) is 0 Å². The highest BCUT2D eigenvalue weighted by Gasteiger charge is 2.12. The first-order valence-electron chi connectivity index (χ1n) is 6.26. The molecule has 0 amide bonds. The van der Waals surface area contributed by atoms with E-state index in [0.29, 0.717) is 5.92 Å². The summed E-state index contributed by atoms with van der Waals surface area (Å²) in [6.45, 7) is 9.28. The van der Waals surface area contributed by atoms with Gasteiger partial charge >= 0.3 is 0 Å². The highest BCUT2D eigenvalue weighted by molar-refractivity contribution is 5.20. The Morgan fingerprint density at radius 3 is 2.53 bits per heavy atom. The summed E-state index contributed by atoms with van der Waals surface area (Å²) in [6.07, 6.45) is 0. The smallest absolute Gasteiger partial charge is 0.123 e. The lowest BCUT2D eigenvalue weighted by Gasteiger charge is -2.26. The Balaban J connectivity index is 2.60. The van der Waals surface area contributed by atoms with Gasteiger partial charge in [0, 0.05) is 19.1 Å². The number of hydrogen-bond donors (Lipinski definition) is 1. The normalized spacial score (nSPS) is 13.4. The van der Waals surface area contributed by atoms with Gasteiger partial charge in [-0.25, -0.2) is 4.39 Å². The van der Waals surface area contributed by atoms with Crippen LogP contribution in [-0.4, -0.2) is 24.5 Å². The Kier molecular flexibility index (Phi) is 5.59. The van der Waals surface area contributed by atoms with E-state index in [4.69, 9.17) is 5.73 Å². The standard InChI is InChI=1S/C14H23FN2/c1-4-17(9-11(2)3)10-14(16)12-6-5-7-13(15)8-12/h5-8,11,14H,4,9-10,16H2,1-3H3. The van der Waals surface area contributed by atoms with Crippen LogP contribution >= 0.6 is 0 Å². The number of hydrogen-bond acceptors (Lipinski definition) is 2. The van der Waals surface area contributed by atoms with Gasteiger partial charge in [-0.3, -0.25) is 0 Å². The first-order chi connectivity index (χ1) is 8.02. The van der Waals surface area contributed by atoms with Gasteiger partial charge < -0.3 is 10.6 Å². The third kappa shape index (κ3) is 4.84. The topological polar surface area (TPSA) is 29.3 Å². The molecule has 0 heterocycles. The van der Waals surface area contributed by atoms with Crippen LogP contribution in [0, 0.1) is 11.7 Å². The largest absolute Gasteiger partial charge is 0.323 e. The molecular formula is C14H23FN2. The van der Waals surface area contributed by atoms with E-state index in [0.717, 1.165) is 25.2 Å². The molecule has 0 saturated carbocycles. The quantitative estimate of drug-likeness (QED) is 0.825. The van der Waals surface area contributed by atoms with Crippen LogP contribution in [-0.2, 0) is 0 Å². The molecule has 0 aliphatic heterocycles. The predicted molar refractivity (Wildman–Crippen MR) is 70.3 cm³/mol. The van der Waals surface area contributed by atoms with Crippen molar-refractivity contribution in [3.8, 4) is 0 Å². The molecule has 0 bridgehead atoms. The molecule has 1 aromatic rings. The van der Waals surface area contributed by atoms with Crippen molar-refractivity contribution in [2.75, 3.05) is 19.6 Å². The predicted octanol–water partition coefficient (Wildman–Crippen LogP) is 2.80. The van der Waals surface area contributed by atoms with Crippen LogP contribution in [0.25, 0.3) is 0 Å². The lowest BCUT2D eigenvalue weighted by Crippen LogP contribution is -2.34. The van der Waals surface area contributed by atoms with Crippen molar-refractivity contribution in [1.82, 2.24) is 4.90 Å². The summed E-state index contributed by atoms with van der Waals surface area (Å²) in [5, 5.41) is 0. The maximum atomic E-state index is 13.1. The van der Waals surface area contributed by atoms with E-state index in [1.165, 1.54) is 12.1 Å². The average molecular weight is 238 g/mol. The second-order valence-corrected chi connectivity index (χ2v) is 4.91. The molecule has 1 rings (SSSR count). The van der Waals surface area contributed by atoms with Crippen LogP contribution in [0.3, 0.4) is 0 Å². The van der Waals surface area contributed by atoms with E-state index in [-0.39, 0.29) is 11.9 Å². The zero-order valence-corrected chi connectivity index (χ0v) is 11.0. The molecule has 0 radical (unpaired) electrons. The second kappa shape index (κ2) is 6.72. The van der Waals surface area contributed by atoms with Gasteiger partial charge in [-0.2, -0.15) is 0 Å². The SMILES string of the molecule is CCN(CC(C)C)CC(N)c1cccc(F)c1. The lowest BCUT2D eigenvalue weighted by molar-refractivity contribution is 0.242. The van der Waals surface area contributed by atoms with Crippen LogP contribution in [0.1, 0.15) is 32.4 Å². The van der Waals surface area contributed by atoms with E-state index < -0.39 is 0 Å². The molecule has 0 aliphatic rings. The van der Waals surface area contributed by atoms with Gasteiger partial charge in [0.1, 0.15) is 5.82 Å². The van der Waals surface area contributed by atoms with Crippen molar-refractivity contribution in [2.45, 2.75) is 26.8 Å². The number of nitrogens with zero attached hydrogens (tertiary/aromatic N) is 1. The zero-order valence-electron chi connectivity index (χ0n) is 11.0. The van der Waals surface area contributed by atoms with Gasteiger partial charge in [0.15, 0.2) is 0 Å². The first kappa shape index (κ1) is 14.1. The van der Waals surface area contributed by atoms with Crippen LogP contribution in [0.2, 0.25) is 0 Å². The zero-order chi connectivity index (χ0) is 12.8. The second-order valence-electron chi connectivity index (χ2n) is 4.91. The molecule has 0 saturated heterocycles. The number of halogens is 1. The van der Waals surface area contributed by atoms with Gasteiger partial charge in [0.05, 0.1) is 0 Å². The molecule has 96 valence electrons. The van der Waals surface area contributed by atoms with E-state index in [9.17, 15) is 4.39 Å². The number of likely N-dealkylation sites (N-methyl/N-ethyl adjacent to an activating group) is 1. The van der Waals surface area contributed by atoms with Crippen molar-refractivity contribution in [3.63, 3.8) is 0 Å². The van der Waals surface area contributed by atoms with Gasteiger partial charge in [-0.05, 0) is 30.2 Å². The molecule has 1 aromatic carbocycles. The van der Waals surface area contributed by atoms with Gasteiger partial charge in [0.2, 0.25) is 0 Å². The lowest BCUT2D eigenvalue weighted by atomic mass is 10.1. The van der Waals surface area contributed by atoms with Crippen molar-refractivity contribution < 1.29 is 4.39 Å². The minimum absolute atomic E-state index is 0.121. The summed E-state index contributed by atoms with van der Waals surface area (Å²) in [5.74, 6) is 0.402. The van der Waals surface area contributed by atoms with E-state index in [2.05, 4.69) is 25.7 Å². The summed E-state index contributed by atoms with van der Waals surface area (Å²) >= 11 is 0. The Morgan fingerprint density at radius 2 is 2.00 bits per heavy atom. The fourth-order valence-corrected chi connectivity index (χ4v) is 1.97. The third-order valence-electron chi connectivity index (χ3n) is 2.80. The van der Waals surface area contributed by atoms with E-state index in [1.807, 2.05) is 6.07 Å². The summed E-state index contributed by atoms with van der Waals surface area (Å²) in [6, 6.07) is 6.44. The van der Waals surface area contributed by atoms with Crippen molar-refractivity contribution in [2.24, 2.45) is 11.7 Å². The molecular weight excluding hydrogens is 215 g/mol. The Hall–Kier alpha value is -0.930. The molecule has 0 fully saturated rings. The molecule has 1 atom stereocenters. The van der Waals surface area contributed by atoms with Gasteiger partial charge in [-0.1, -0.05) is 32.9 Å². The molecule has 0 aromatic heterocycles. The molecule has 17 heavy (non-hydrogen) atoms. The molecule has 0 spiro atoms. The van der Waals surface area contributed by atoms with Crippen LogP contribution in [0.4, 0.5) is 4.39 Å². The average Bonchev–Trinajstić information content (AvgIpc) is 2.27. The fourth-order valence-electron chi connectivity index (χ4n) is 1.97. The van der Waals surface area contributed by atoms with Crippen molar-refractivity contribution in [1.29, 1.82) is 0 Å². The maximum Gasteiger partial charge on any atom is 0.123 e. The van der Waals surface area contributed by atoms with E-state index in [1.54, 1.807) is 6.07 Å². The van der Waals surface area contributed by atoms with Gasteiger partial charge in [-0.15, -0.1) is 0 Å². The minimum atomic E-state index is -0.218. The Bertz CT molecular complexity index is 339. The minimum Gasteiger partial charge on any atom is -0.323 e. The first-order valence-corrected chi connectivity index (χ1v) is 6.26. The van der Waals surface area contributed by atoms with Crippen LogP contribution in [0.15, 0.2) is 24.3 Å². The Morgan fingerprint density at radius 1 is 1.29 bits per heavy atom. The summed E-state index contributed by atoms with van der Waals surface area (Å²) < 4.78 is 13.1. The summed E-state index contributed by atoms with van der Waals surface area (Å²) in [7, 11) is 0. The highest BCUT2D eigenvalue weighted by atomic mass is 19.1. The fraction of sp³-hybridized carbons (Fsp3) is 0.571. The third-order valence-corrected chi connectivity index (χ3v) is 2.80. The van der Waals surface area contributed by atoms with Crippen molar-refractivity contribution >= 4 is 0 Å². The molecule has 2 N–H and O–H groups in total. The Labute approximate surface area is 104 Å².